The molecular formula is C9H13NO. The minimum atomic E-state index is -0.851. The van der Waals surface area contributed by atoms with E-state index in [2.05, 4.69) is 0 Å². The molecule has 0 radical (unpaired) electrons. The summed E-state index contributed by atoms with van der Waals surface area (Å²) in [6.45, 7) is 3.96. The summed E-state index contributed by atoms with van der Waals surface area (Å²) in [4.78, 5) is 0. The molecule has 0 aromatic heterocycles. The summed E-state index contributed by atoms with van der Waals surface area (Å²) in [7, 11) is 0. The van der Waals surface area contributed by atoms with E-state index in [-0.39, 0.29) is 0 Å². The number of hydrogen-bond acceptors (Lipinski definition) is 2. The molecule has 1 aromatic rings. The normalized spacial score (nSPS) is 13.1. The van der Waals surface area contributed by atoms with Gasteiger partial charge in [0, 0.05) is 0 Å². The Kier molecular flexibility index (Phi) is 2.27. The molecule has 0 amide bonds. The van der Waals surface area contributed by atoms with Crippen LogP contribution in [0.1, 0.15) is 22.9 Å². The number of aryl methyl sites for hydroxylation is 2. The first kappa shape index (κ1) is 8.24. The third-order valence-corrected chi connectivity index (χ3v) is 1.74. The summed E-state index contributed by atoms with van der Waals surface area (Å²) in [5.74, 6) is 0. The Bertz CT molecular complexity index is 256. The Morgan fingerprint density at radius 3 is 2.45 bits per heavy atom. The van der Waals surface area contributed by atoms with Crippen molar-refractivity contribution >= 4 is 0 Å². The van der Waals surface area contributed by atoms with E-state index in [0.717, 1.165) is 11.1 Å². The van der Waals surface area contributed by atoms with Crippen LogP contribution in [0, 0.1) is 13.8 Å². The Hall–Kier alpha value is -0.860. The van der Waals surface area contributed by atoms with Crippen LogP contribution in [0.4, 0.5) is 0 Å². The van der Waals surface area contributed by atoms with Crippen LogP contribution in [0.25, 0.3) is 0 Å². The number of benzene rings is 1. The lowest BCUT2D eigenvalue weighted by Crippen LogP contribution is -2.09. The maximum Gasteiger partial charge on any atom is 0.128 e. The smallest absolute Gasteiger partial charge is 0.128 e. The zero-order valence-corrected chi connectivity index (χ0v) is 6.83. The SMILES string of the molecule is Cc1ccc(C(N)O)c(C)c1. The summed E-state index contributed by atoms with van der Waals surface area (Å²) < 4.78 is 0. The molecule has 1 unspecified atom stereocenters. The highest BCUT2D eigenvalue weighted by atomic mass is 16.3. The van der Waals surface area contributed by atoms with E-state index in [9.17, 15) is 0 Å². The average molecular weight is 151 g/mol. The third-order valence-electron chi connectivity index (χ3n) is 1.74. The van der Waals surface area contributed by atoms with Gasteiger partial charge in [0.05, 0.1) is 0 Å². The molecule has 0 heterocycles. The van der Waals surface area contributed by atoms with Gasteiger partial charge in [-0.15, -0.1) is 0 Å². The molecule has 60 valence electrons. The van der Waals surface area contributed by atoms with E-state index in [4.69, 9.17) is 10.8 Å². The molecule has 0 bridgehead atoms. The maximum atomic E-state index is 9.07. The van der Waals surface area contributed by atoms with Crippen LogP contribution in [0.15, 0.2) is 18.2 Å². The standard InChI is InChI=1S/C9H13NO/c1-6-3-4-8(9(10)11)7(2)5-6/h3-5,9,11H,10H2,1-2H3. The molecule has 2 heteroatoms. The van der Waals surface area contributed by atoms with E-state index >= 15 is 0 Å². The quantitative estimate of drug-likeness (QED) is 0.593. The van der Waals surface area contributed by atoms with E-state index in [1.54, 1.807) is 0 Å². The Morgan fingerprint density at radius 1 is 1.36 bits per heavy atom. The topological polar surface area (TPSA) is 46.2 Å². The Morgan fingerprint density at radius 2 is 2.00 bits per heavy atom. The fourth-order valence-corrected chi connectivity index (χ4v) is 1.16. The highest BCUT2D eigenvalue weighted by Crippen LogP contribution is 2.14. The average Bonchev–Trinajstić information content (AvgIpc) is 1.85. The maximum absolute atomic E-state index is 9.07. The van der Waals surface area contributed by atoms with Gasteiger partial charge in [0.1, 0.15) is 6.23 Å². The summed E-state index contributed by atoms with van der Waals surface area (Å²) in [5, 5.41) is 9.07. The Balaban J connectivity index is 3.09. The van der Waals surface area contributed by atoms with Crippen molar-refractivity contribution in [3.05, 3.63) is 34.9 Å². The van der Waals surface area contributed by atoms with E-state index in [1.807, 2.05) is 32.0 Å². The minimum absolute atomic E-state index is 0.801. The van der Waals surface area contributed by atoms with Crippen LogP contribution >= 0.6 is 0 Å². The lowest BCUT2D eigenvalue weighted by molar-refractivity contribution is 0.185. The molecule has 11 heavy (non-hydrogen) atoms. The van der Waals surface area contributed by atoms with Gasteiger partial charge in [0.25, 0.3) is 0 Å². The number of nitrogens with two attached hydrogens (primary N) is 1. The first-order valence-corrected chi connectivity index (χ1v) is 3.62. The molecule has 0 aliphatic heterocycles. The Labute approximate surface area is 66.7 Å². The number of hydrogen-bond donors (Lipinski definition) is 2. The molecule has 0 spiro atoms. The molecular weight excluding hydrogens is 138 g/mol. The summed E-state index contributed by atoms with van der Waals surface area (Å²) in [6, 6.07) is 5.80. The molecule has 0 aliphatic carbocycles. The van der Waals surface area contributed by atoms with E-state index in [0.29, 0.717) is 0 Å². The molecule has 1 rings (SSSR count). The predicted molar refractivity (Wildman–Crippen MR) is 45.1 cm³/mol. The molecule has 1 atom stereocenters. The van der Waals surface area contributed by atoms with E-state index < -0.39 is 6.23 Å². The third kappa shape index (κ3) is 1.79. The van der Waals surface area contributed by atoms with Gasteiger partial charge < -0.3 is 10.8 Å². The van der Waals surface area contributed by atoms with Crippen molar-refractivity contribution in [2.24, 2.45) is 5.73 Å². The van der Waals surface area contributed by atoms with Crippen LogP contribution in [-0.4, -0.2) is 5.11 Å². The predicted octanol–water partition coefficient (Wildman–Crippen LogP) is 1.25. The van der Waals surface area contributed by atoms with E-state index in [1.165, 1.54) is 5.56 Å². The minimum Gasteiger partial charge on any atom is -0.375 e. The van der Waals surface area contributed by atoms with Gasteiger partial charge >= 0.3 is 0 Å². The number of aliphatic hydroxyl groups is 1. The van der Waals surface area contributed by atoms with Crippen molar-refractivity contribution in [3.63, 3.8) is 0 Å². The molecule has 3 N–H and O–H groups in total. The molecule has 0 saturated carbocycles. The molecule has 1 aromatic carbocycles. The van der Waals surface area contributed by atoms with Crippen molar-refractivity contribution in [3.8, 4) is 0 Å². The van der Waals surface area contributed by atoms with Gasteiger partial charge in [-0.2, -0.15) is 0 Å². The zero-order chi connectivity index (χ0) is 8.43. The second kappa shape index (κ2) is 3.03. The van der Waals surface area contributed by atoms with Gasteiger partial charge in [-0.3, -0.25) is 0 Å². The van der Waals surface area contributed by atoms with Crippen molar-refractivity contribution in [2.45, 2.75) is 20.1 Å². The van der Waals surface area contributed by atoms with Crippen LogP contribution in [-0.2, 0) is 0 Å². The number of rotatable bonds is 1. The van der Waals surface area contributed by atoms with Gasteiger partial charge in [-0.05, 0) is 25.0 Å². The van der Waals surface area contributed by atoms with Gasteiger partial charge in [0.2, 0.25) is 0 Å². The van der Waals surface area contributed by atoms with Gasteiger partial charge in [0.15, 0.2) is 0 Å². The summed E-state index contributed by atoms with van der Waals surface area (Å²) in [5.41, 5.74) is 8.35. The second-order valence-electron chi connectivity index (χ2n) is 2.80. The number of aliphatic hydroxyl groups excluding tert-OH is 1. The van der Waals surface area contributed by atoms with Crippen LogP contribution in [0.5, 0.6) is 0 Å². The fraction of sp³-hybridized carbons (Fsp3) is 0.333. The molecule has 0 fully saturated rings. The van der Waals surface area contributed by atoms with Crippen LogP contribution in [0.3, 0.4) is 0 Å². The first-order valence-electron chi connectivity index (χ1n) is 3.62. The monoisotopic (exact) mass is 151 g/mol. The van der Waals surface area contributed by atoms with Crippen LogP contribution in [0.2, 0.25) is 0 Å². The molecule has 0 saturated heterocycles. The van der Waals surface area contributed by atoms with Gasteiger partial charge in [-0.25, -0.2) is 0 Å². The van der Waals surface area contributed by atoms with Crippen molar-refractivity contribution in [1.82, 2.24) is 0 Å². The lowest BCUT2D eigenvalue weighted by atomic mass is 10.1. The van der Waals surface area contributed by atoms with Crippen molar-refractivity contribution in [1.29, 1.82) is 0 Å². The largest absolute Gasteiger partial charge is 0.375 e. The zero-order valence-electron chi connectivity index (χ0n) is 6.83. The molecule has 2 nitrogen and oxygen atoms in total. The summed E-state index contributed by atoms with van der Waals surface area (Å²) >= 11 is 0. The van der Waals surface area contributed by atoms with Gasteiger partial charge in [-0.1, -0.05) is 23.8 Å². The molecule has 0 aliphatic rings. The summed E-state index contributed by atoms with van der Waals surface area (Å²) in [6.07, 6.45) is -0.851. The van der Waals surface area contributed by atoms with Crippen molar-refractivity contribution in [2.75, 3.05) is 0 Å². The highest BCUT2D eigenvalue weighted by Gasteiger charge is 2.03. The highest BCUT2D eigenvalue weighted by molar-refractivity contribution is 5.31. The fourth-order valence-electron chi connectivity index (χ4n) is 1.16. The van der Waals surface area contributed by atoms with Crippen molar-refractivity contribution < 1.29 is 5.11 Å². The first-order chi connectivity index (χ1) is 5.11. The lowest BCUT2D eigenvalue weighted by Gasteiger charge is -2.08. The van der Waals surface area contributed by atoms with Crippen LogP contribution < -0.4 is 5.73 Å². The second-order valence-corrected chi connectivity index (χ2v) is 2.80.